The van der Waals surface area contributed by atoms with E-state index in [2.05, 4.69) is 15.9 Å². The number of nitrogens with zero attached hydrogens (tertiary/aromatic N) is 1. The Morgan fingerprint density at radius 1 is 1.05 bits per heavy atom. The average Bonchev–Trinajstić information content (AvgIpc) is 2.48. The molecule has 5 heteroatoms. The molecule has 22 heavy (non-hydrogen) atoms. The Labute approximate surface area is 135 Å². The van der Waals surface area contributed by atoms with Crippen LogP contribution in [0.2, 0.25) is 0 Å². The van der Waals surface area contributed by atoms with Crippen molar-refractivity contribution >= 4 is 39.0 Å². The molecule has 3 rings (SSSR count). The molecular formula is C17H13BrFNO2. The highest BCUT2D eigenvalue weighted by Crippen LogP contribution is 2.42. The van der Waals surface area contributed by atoms with Gasteiger partial charge in [0.1, 0.15) is 11.2 Å². The fourth-order valence-electron chi connectivity index (χ4n) is 2.55. The van der Waals surface area contributed by atoms with E-state index >= 15 is 0 Å². The highest BCUT2D eigenvalue weighted by Gasteiger charge is 2.46. The molecule has 3 nitrogen and oxygen atoms in total. The molecule has 0 unspecified atom stereocenters. The molecule has 0 radical (unpaired) electrons. The Balaban J connectivity index is 2.25. The summed E-state index contributed by atoms with van der Waals surface area (Å²) in [5.41, 5.74) is 0.366. The monoisotopic (exact) mass is 361 g/mol. The predicted molar refractivity (Wildman–Crippen MR) is 85.8 cm³/mol. The number of carbonyl (C=O) groups excluding carboxylic acids is 2. The molecule has 0 atom stereocenters. The van der Waals surface area contributed by atoms with Crippen molar-refractivity contribution in [2.24, 2.45) is 5.41 Å². The van der Waals surface area contributed by atoms with Gasteiger partial charge in [0, 0.05) is 15.7 Å². The quantitative estimate of drug-likeness (QED) is 0.702. The number of fused-ring (bicyclic) bond motifs is 1. The first kappa shape index (κ1) is 14.9. The van der Waals surface area contributed by atoms with Gasteiger partial charge in [0.05, 0.1) is 5.69 Å². The van der Waals surface area contributed by atoms with Crippen LogP contribution in [0.15, 0.2) is 46.9 Å². The lowest BCUT2D eigenvalue weighted by molar-refractivity contribution is -0.124. The third kappa shape index (κ3) is 2.16. The highest BCUT2D eigenvalue weighted by atomic mass is 79.9. The number of carbonyl (C=O) groups is 2. The molecule has 2 aromatic rings. The number of amides is 1. The first-order valence-electron chi connectivity index (χ1n) is 6.77. The van der Waals surface area contributed by atoms with Gasteiger partial charge in [-0.3, -0.25) is 14.5 Å². The molecule has 0 saturated heterocycles. The van der Waals surface area contributed by atoms with Gasteiger partial charge in [0.2, 0.25) is 5.91 Å². The molecular weight excluding hydrogens is 349 g/mol. The van der Waals surface area contributed by atoms with E-state index in [0.717, 1.165) is 4.47 Å². The summed E-state index contributed by atoms with van der Waals surface area (Å²) in [6, 6.07) is 10.9. The molecule has 0 aliphatic carbocycles. The minimum Gasteiger partial charge on any atom is -0.293 e. The molecule has 0 bridgehead atoms. The van der Waals surface area contributed by atoms with Crippen molar-refractivity contribution in [2.75, 3.05) is 4.90 Å². The van der Waals surface area contributed by atoms with E-state index in [0.29, 0.717) is 16.9 Å². The predicted octanol–water partition coefficient (Wildman–Crippen LogP) is 4.48. The van der Waals surface area contributed by atoms with Crippen molar-refractivity contribution < 1.29 is 14.0 Å². The van der Waals surface area contributed by atoms with Crippen LogP contribution in [0.5, 0.6) is 0 Å². The van der Waals surface area contributed by atoms with Crippen molar-refractivity contribution in [1.29, 1.82) is 0 Å². The number of hydrogen-bond donors (Lipinski definition) is 0. The van der Waals surface area contributed by atoms with Crippen molar-refractivity contribution in [3.63, 3.8) is 0 Å². The molecule has 112 valence electrons. The van der Waals surface area contributed by atoms with Crippen LogP contribution in [0.25, 0.3) is 0 Å². The molecule has 2 aromatic carbocycles. The SMILES string of the molecule is CC1(C)C(=O)c2cc(Br)ccc2N(c2ccc(F)cc2)C1=O. The van der Waals surface area contributed by atoms with Crippen LogP contribution in [-0.2, 0) is 4.79 Å². The second kappa shape index (κ2) is 5.02. The zero-order valence-electron chi connectivity index (χ0n) is 12.1. The molecule has 1 aliphatic rings. The van der Waals surface area contributed by atoms with Crippen LogP contribution in [0.1, 0.15) is 24.2 Å². The summed E-state index contributed by atoms with van der Waals surface area (Å²) < 4.78 is 13.9. The summed E-state index contributed by atoms with van der Waals surface area (Å²) in [6.07, 6.45) is 0. The van der Waals surface area contributed by atoms with Gasteiger partial charge in [-0.25, -0.2) is 4.39 Å². The molecule has 1 heterocycles. The Hall–Kier alpha value is -2.01. The second-order valence-corrected chi connectivity index (χ2v) is 6.65. The Morgan fingerprint density at radius 3 is 2.32 bits per heavy atom. The van der Waals surface area contributed by atoms with Gasteiger partial charge in [0.25, 0.3) is 0 Å². The van der Waals surface area contributed by atoms with Crippen molar-refractivity contribution in [2.45, 2.75) is 13.8 Å². The van der Waals surface area contributed by atoms with Crippen LogP contribution in [-0.4, -0.2) is 11.7 Å². The Morgan fingerprint density at radius 2 is 1.68 bits per heavy atom. The number of hydrogen-bond acceptors (Lipinski definition) is 2. The van der Waals surface area contributed by atoms with E-state index in [1.807, 2.05) is 0 Å². The van der Waals surface area contributed by atoms with Gasteiger partial charge in [0.15, 0.2) is 5.78 Å². The van der Waals surface area contributed by atoms with Gasteiger partial charge < -0.3 is 0 Å². The van der Waals surface area contributed by atoms with Crippen LogP contribution < -0.4 is 4.90 Å². The second-order valence-electron chi connectivity index (χ2n) is 5.73. The topological polar surface area (TPSA) is 37.4 Å². The number of halogens is 2. The molecule has 0 N–H and O–H groups in total. The number of ketones is 1. The summed E-state index contributed by atoms with van der Waals surface area (Å²) in [4.78, 5) is 26.9. The average molecular weight is 362 g/mol. The van der Waals surface area contributed by atoms with E-state index in [9.17, 15) is 14.0 Å². The van der Waals surface area contributed by atoms with Gasteiger partial charge in [-0.15, -0.1) is 0 Å². The molecule has 0 aromatic heterocycles. The smallest absolute Gasteiger partial charge is 0.245 e. The standard InChI is InChI=1S/C17H13BrFNO2/c1-17(2)15(21)13-9-10(18)3-8-14(13)20(16(17)22)12-6-4-11(19)5-7-12/h3-9H,1-2H3. The Bertz CT molecular complexity index is 784. The van der Waals surface area contributed by atoms with Gasteiger partial charge in [-0.2, -0.15) is 0 Å². The highest BCUT2D eigenvalue weighted by molar-refractivity contribution is 9.10. The Kier molecular flexibility index (Phi) is 3.40. The maximum Gasteiger partial charge on any atom is 0.245 e. The lowest BCUT2D eigenvalue weighted by Crippen LogP contribution is -2.47. The van der Waals surface area contributed by atoms with E-state index < -0.39 is 5.41 Å². The first-order chi connectivity index (χ1) is 10.3. The molecule has 1 amide bonds. The lowest BCUT2D eigenvalue weighted by atomic mass is 9.78. The minimum absolute atomic E-state index is 0.216. The molecule has 0 spiro atoms. The van der Waals surface area contributed by atoms with Gasteiger partial charge in [-0.05, 0) is 56.3 Å². The molecule has 0 fully saturated rings. The summed E-state index contributed by atoms with van der Waals surface area (Å²) in [5, 5.41) is 0. The van der Waals surface area contributed by atoms with Crippen molar-refractivity contribution in [1.82, 2.24) is 0 Å². The van der Waals surface area contributed by atoms with E-state index in [1.165, 1.54) is 29.2 Å². The van der Waals surface area contributed by atoms with Gasteiger partial charge in [-0.1, -0.05) is 15.9 Å². The third-order valence-corrected chi connectivity index (χ3v) is 4.33. The maximum atomic E-state index is 13.2. The number of anilines is 2. The number of benzene rings is 2. The van der Waals surface area contributed by atoms with Crippen LogP contribution in [0.3, 0.4) is 0 Å². The normalized spacial score (nSPS) is 16.6. The number of rotatable bonds is 1. The minimum atomic E-state index is -1.16. The molecule has 0 saturated carbocycles. The fourth-order valence-corrected chi connectivity index (χ4v) is 2.92. The van der Waals surface area contributed by atoms with Crippen LogP contribution >= 0.6 is 15.9 Å². The fraction of sp³-hybridized carbons (Fsp3) is 0.176. The lowest BCUT2D eigenvalue weighted by Gasteiger charge is -2.37. The first-order valence-corrected chi connectivity index (χ1v) is 7.56. The third-order valence-electron chi connectivity index (χ3n) is 3.83. The van der Waals surface area contributed by atoms with E-state index in [-0.39, 0.29) is 17.5 Å². The van der Waals surface area contributed by atoms with Crippen molar-refractivity contribution in [3.8, 4) is 0 Å². The largest absolute Gasteiger partial charge is 0.293 e. The number of Topliss-reactive ketones (excluding diaryl/α,β-unsaturated/α-hetero) is 1. The molecule has 1 aliphatic heterocycles. The summed E-state index contributed by atoms with van der Waals surface area (Å²) in [5.74, 6) is -0.911. The summed E-state index contributed by atoms with van der Waals surface area (Å²) in [6.45, 7) is 3.22. The van der Waals surface area contributed by atoms with E-state index in [1.54, 1.807) is 32.0 Å². The van der Waals surface area contributed by atoms with Crippen LogP contribution in [0, 0.1) is 11.2 Å². The maximum absolute atomic E-state index is 13.2. The summed E-state index contributed by atoms with van der Waals surface area (Å²) in [7, 11) is 0. The van der Waals surface area contributed by atoms with E-state index in [4.69, 9.17) is 0 Å². The summed E-state index contributed by atoms with van der Waals surface area (Å²) >= 11 is 3.35. The van der Waals surface area contributed by atoms with Crippen molar-refractivity contribution in [3.05, 3.63) is 58.3 Å². The zero-order chi connectivity index (χ0) is 16.1. The van der Waals surface area contributed by atoms with Crippen LogP contribution in [0.4, 0.5) is 15.8 Å². The zero-order valence-corrected chi connectivity index (χ0v) is 13.6. The van der Waals surface area contributed by atoms with Gasteiger partial charge >= 0.3 is 0 Å².